The summed E-state index contributed by atoms with van der Waals surface area (Å²) in [6, 6.07) is 1.36. The monoisotopic (exact) mass is 308 g/mol. The highest BCUT2D eigenvalue weighted by molar-refractivity contribution is 5.94. The maximum atomic E-state index is 12.4. The third-order valence-corrected chi connectivity index (χ3v) is 3.90. The van der Waals surface area contributed by atoms with Crippen LogP contribution < -0.4 is 5.32 Å². The normalized spacial score (nSPS) is 20.0. The Kier molecular flexibility index (Phi) is 4.55. The SMILES string of the molecule is CC(=O)N1CCN(C)C(C(=O)Nc2cc(C(C)(C)C)on2)C1. The highest BCUT2D eigenvalue weighted by atomic mass is 16.5. The first kappa shape index (κ1) is 16.5. The van der Waals surface area contributed by atoms with E-state index < -0.39 is 0 Å². The molecule has 1 saturated heterocycles. The smallest absolute Gasteiger partial charge is 0.244 e. The first-order chi connectivity index (χ1) is 10.2. The van der Waals surface area contributed by atoms with E-state index in [4.69, 9.17) is 4.52 Å². The maximum absolute atomic E-state index is 12.4. The number of nitrogens with zero attached hydrogens (tertiary/aromatic N) is 3. The van der Waals surface area contributed by atoms with Crippen molar-refractivity contribution in [3.8, 4) is 0 Å². The van der Waals surface area contributed by atoms with Gasteiger partial charge in [-0.3, -0.25) is 14.5 Å². The molecule has 1 aromatic heterocycles. The second-order valence-corrected chi connectivity index (χ2v) is 6.78. The molecule has 1 aliphatic heterocycles. The molecule has 2 heterocycles. The Labute approximate surface area is 130 Å². The molecule has 0 aliphatic carbocycles. The fourth-order valence-electron chi connectivity index (χ4n) is 2.34. The summed E-state index contributed by atoms with van der Waals surface area (Å²) >= 11 is 0. The van der Waals surface area contributed by atoms with Crippen LogP contribution in [0, 0.1) is 0 Å². The first-order valence-electron chi connectivity index (χ1n) is 7.42. The molecule has 1 N–H and O–H groups in total. The maximum Gasteiger partial charge on any atom is 0.244 e. The number of hydrogen-bond acceptors (Lipinski definition) is 5. The number of nitrogens with one attached hydrogen (secondary N) is 1. The van der Waals surface area contributed by atoms with E-state index in [0.29, 0.717) is 31.2 Å². The van der Waals surface area contributed by atoms with Crippen LogP contribution in [-0.4, -0.2) is 59.5 Å². The molecule has 0 aromatic carbocycles. The summed E-state index contributed by atoms with van der Waals surface area (Å²) in [5.74, 6) is 0.929. The van der Waals surface area contributed by atoms with E-state index in [1.165, 1.54) is 6.92 Å². The van der Waals surface area contributed by atoms with Gasteiger partial charge in [0.25, 0.3) is 0 Å². The molecule has 7 heteroatoms. The summed E-state index contributed by atoms with van der Waals surface area (Å²) in [6.45, 7) is 9.27. The molecule has 1 atom stereocenters. The number of rotatable bonds is 2. The zero-order valence-corrected chi connectivity index (χ0v) is 13.8. The molecule has 0 spiro atoms. The van der Waals surface area contributed by atoms with Crippen molar-refractivity contribution in [1.82, 2.24) is 15.0 Å². The molecule has 1 aliphatic rings. The molecule has 7 nitrogen and oxygen atoms in total. The minimum absolute atomic E-state index is 0.0117. The van der Waals surface area contributed by atoms with Gasteiger partial charge in [0.2, 0.25) is 11.8 Å². The third-order valence-electron chi connectivity index (χ3n) is 3.90. The Morgan fingerprint density at radius 3 is 2.59 bits per heavy atom. The number of aromatic nitrogens is 1. The third kappa shape index (κ3) is 3.65. The van der Waals surface area contributed by atoms with E-state index in [9.17, 15) is 9.59 Å². The van der Waals surface area contributed by atoms with Gasteiger partial charge in [0.05, 0.1) is 0 Å². The molecule has 1 fully saturated rings. The van der Waals surface area contributed by atoms with E-state index in [-0.39, 0.29) is 23.3 Å². The average molecular weight is 308 g/mol. The van der Waals surface area contributed by atoms with Gasteiger partial charge in [-0.15, -0.1) is 0 Å². The van der Waals surface area contributed by atoms with Gasteiger partial charge in [-0.2, -0.15) is 0 Å². The zero-order chi connectivity index (χ0) is 16.5. The molecule has 2 rings (SSSR count). The molecule has 1 aromatic rings. The Balaban J connectivity index is 2.04. The summed E-state index contributed by atoms with van der Waals surface area (Å²) in [6.07, 6.45) is 0. The van der Waals surface area contributed by atoms with Gasteiger partial charge in [-0.05, 0) is 7.05 Å². The lowest BCUT2D eigenvalue weighted by molar-refractivity contribution is -0.134. The Morgan fingerprint density at radius 2 is 2.05 bits per heavy atom. The predicted molar refractivity (Wildman–Crippen MR) is 82.5 cm³/mol. The van der Waals surface area contributed by atoms with Crippen LogP contribution in [0.5, 0.6) is 0 Å². The van der Waals surface area contributed by atoms with Crippen LogP contribution in [0.1, 0.15) is 33.5 Å². The Bertz CT molecular complexity index is 561. The quantitative estimate of drug-likeness (QED) is 0.884. The largest absolute Gasteiger partial charge is 0.359 e. The number of piperazine rings is 1. The van der Waals surface area contributed by atoms with Crippen LogP contribution >= 0.6 is 0 Å². The van der Waals surface area contributed by atoms with Crippen LogP contribution in [0.15, 0.2) is 10.6 Å². The van der Waals surface area contributed by atoms with Crippen molar-refractivity contribution in [1.29, 1.82) is 0 Å². The van der Waals surface area contributed by atoms with E-state index >= 15 is 0 Å². The van der Waals surface area contributed by atoms with Crippen LogP contribution in [0.3, 0.4) is 0 Å². The van der Waals surface area contributed by atoms with Gasteiger partial charge in [0.1, 0.15) is 11.8 Å². The van der Waals surface area contributed by atoms with Crippen LogP contribution in [0.25, 0.3) is 0 Å². The molecule has 2 amide bonds. The number of hydrogen-bond donors (Lipinski definition) is 1. The minimum Gasteiger partial charge on any atom is -0.359 e. The average Bonchev–Trinajstić information content (AvgIpc) is 2.87. The number of carbonyl (C=O) groups is 2. The molecule has 1 unspecified atom stereocenters. The lowest BCUT2D eigenvalue weighted by Crippen LogP contribution is -2.57. The molecular formula is C15H24N4O3. The van der Waals surface area contributed by atoms with Gasteiger partial charge in [0, 0.05) is 38.0 Å². The van der Waals surface area contributed by atoms with Crippen molar-refractivity contribution in [3.63, 3.8) is 0 Å². The van der Waals surface area contributed by atoms with Crippen molar-refractivity contribution in [2.45, 2.75) is 39.2 Å². The number of anilines is 1. The highest BCUT2D eigenvalue weighted by Crippen LogP contribution is 2.24. The molecule has 0 radical (unpaired) electrons. The van der Waals surface area contributed by atoms with Crippen molar-refractivity contribution in [3.05, 3.63) is 11.8 Å². The van der Waals surface area contributed by atoms with E-state index in [1.54, 1.807) is 11.0 Å². The van der Waals surface area contributed by atoms with E-state index in [1.807, 2.05) is 32.7 Å². The van der Waals surface area contributed by atoms with Gasteiger partial charge < -0.3 is 14.7 Å². The van der Waals surface area contributed by atoms with Crippen LogP contribution in [0.2, 0.25) is 0 Å². The first-order valence-corrected chi connectivity index (χ1v) is 7.42. The van der Waals surface area contributed by atoms with Crippen molar-refractivity contribution < 1.29 is 14.1 Å². The minimum atomic E-state index is -0.382. The lowest BCUT2D eigenvalue weighted by Gasteiger charge is -2.37. The van der Waals surface area contributed by atoms with E-state index in [0.717, 1.165) is 0 Å². The van der Waals surface area contributed by atoms with Gasteiger partial charge in [0.15, 0.2) is 5.82 Å². The standard InChI is InChI=1S/C15H24N4O3/c1-10(20)19-7-6-18(5)11(9-19)14(21)16-13-8-12(22-17-13)15(2,3)4/h8,11H,6-7,9H2,1-5H3,(H,16,17,21). The van der Waals surface area contributed by atoms with Gasteiger partial charge in [-0.1, -0.05) is 25.9 Å². The van der Waals surface area contributed by atoms with Gasteiger partial charge in [-0.25, -0.2) is 0 Å². The number of likely N-dealkylation sites (N-methyl/N-ethyl adjacent to an activating group) is 1. The van der Waals surface area contributed by atoms with Crippen molar-refractivity contribution >= 4 is 17.6 Å². The second kappa shape index (κ2) is 6.08. The van der Waals surface area contributed by atoms with Crippen molar-refractivity contribution in [2.75, 3.05) is 32.0 Å². The van der Waals surface area contributed by atoms with Crippen LogP contribution in [-0.2, 0) is 15.0 Å². The number of carbonyl (C=O) groups excluding carboxylic acids is 2. The molecule has 0 bridgehead atoms. The fraction of sp³-hybridized carbons (Fsp3) is 0.667. The molecule has 122 valence electrons. The fourth-order valence-corrected chi connectivity index (χ4v) is 2.34. The summed E-state index contributed by atoms with van der Waals surface area (Å²) in [4.78, 5) is 27.6. The Hall–Kier alpha value is -1.89. The molecule has 22 heavy (non-hydrogen) atoms. The van der Waals surface area contributed by atoms with Gasteiger partial charge >= 0.3 is 0 Å². The molecular weight excluding hydrogens is 284 g/mol. The summed E-state index contributed by atoms with van der Waals surface area (Å²) < 4.78 is 5.26. The van der Waals surface area contributed by atoms with Crippen molar-refractivity contribution in [2.24, 2.45) is 0 Å². The topological polar surface area (TPSA) is 78.7 Å². The summed E-state index contributed by atoms with van der Waals surface area (Å²) in [5.41, 5.74) is -0.164. The van der Waals surface area contributed by atoms with E-state index in [2.05, 4.69) is 10.5 Å². The van der Waals surface area contributed by atoms with Crippen LogP contribution in [0.4, 0.5) is 5.82 Å². The Morgan fingerprint density at radius 1 is 1.36 bits per heavy atom. The highest BCUT2D eigenvalue weighted by Gasteiger charge is 2.31. The summed E-state index contributed by atoms with van der Waals surface area (Å²) in [5, 5.41) is 6.66. The lowest BCUT2D eigenvalue weighted by atomic mass is 9.93. The zero-order valence-electron chi connectivity index (χ0n) is 13.8. The predicted octanol–water partition coefficient (Wildman–Crippen LogP) is 1.07. The summed E-state index contributed by atoms with van der Waals surface area (Å²) in [7, 11) is 1.88. The second-order valence-electron chi connectivity index (χ2n) is 6.78. The number of amides is 2. The molecule has 0 saturated carbocycles.